The molecule has 4 fully saturated rings. The number of aliphatic hydroxyl groups is 1. The second-order valence-corrected chi connectivity index (χ2v) is 10.8. The van der Waals surface area contributed by atoms with Gasteiger partial charge in [0.05, 0.1) is 5.60 Å². The van der Waals surface area contributed by atoms with Crippen molar-refractivity contribution in [3.05, 3.63) is 0 Å². The van der Waals surface area contributed by atoms with Gasteiger partial charge in [-0.3, -0.25) is 0 Å². The van der Waals surface area contributed by atoms with Crippen LogP contribution in [0.1, 0.15) is 79.1 Å². The Labute approximate surface area is 146 Å². The highest BCUT2D eigenvalue weighted by molar-refractivity contribution is 5.16. The van der Waals surface area contributed by atoms with E-state index in [4.69, 9.17) is 0 Å². The van der Waals surface area contributed by atoms with Crippen molar-refractivity contribution >= 4 is 0 Å². The molecule has 1 aliphatic heterocycles. The van der Waals surface area contributed by atoms with Crippen LogP contribution in [0, 0.1) is 40.4 Å². The zero-order chi connectivity index (χ0) is 17.0. The molecule has 0 radical (unpaired) electrons. The minimum absolute atomic E-state index is 0.0250. The summed E-state index contributed by atoms with van der Waals surface area (Å²) < 4.78 is 0. The molecular formula is C21H34N2O. The standard InChI is InChI=1S/C21H34N2O/c1-13-11-18(2)14(12-21(13)22-23-21)5-6-15-16(18)7-9-19(3)17(15)8-10-20(19,4)24/h13-17,24H,5-12H2,1-4H3/t13-,14+,15-,16+,17+,18+,19+,20+/m1/s1. The fraction of sp³-hybridized carbons (Fsp3) is 1.00. The van der Waals surface area contributed by atoms with Gasteiger partial charge in [0.25, 0.3) is 0 Å². The Balaban J connectivity index is 1.46. The zero-order valence-electron chi connectivity index (χ0n) is 15.9. The Morgan fingerprint density at radius 2 is 1.58 bits per heavy atom. The van der Waals surface area contributed by atoms with Crippen LogP contribution in [-0.4, -0.2) is 16.4 Å². The van der Waals surface area contributed by atoms with E-state index in [0.29, 0.717) is 11.3 Å². The number of nitrogens with zero attached hydrogens (tertiary/aromatic N) is 2. The molecule has 24 heavy (non-hydrogen) atoms. The fourth-order valence-electron chi connectivity index (χ4n) is 8.16. The van der Waals surface area contributed by atoms with Gasteiger partial charge in [-0.05, 0) is 92.8 Å². The summed E-state index contributed by atoms with van der Waals surface area (Å²) in [6.45, 7) is 9.51. The van der Waals surface area contributed by atoms with Crippen LogP contribution in [0.2, 0.25) is 0 Å². The van der Waals surface area contributed by atoms with Gasteiger partial charge in [0, 0.05) is 5.92 Å². The van der Waals surface area contributed by atoms with Crippen molar-refractivity contribution in [2.75, 3.05) is 0 Å². The molecule has 4 aliphatic carbocycles. The highest BCUT2D eigenvalue weighted by atomic mass is 16.3. The van der Waals surface area contributed by atoms with E-state index in [2.05, 4.69) is 37.9 Å². The molecule has 0 bridgehead atoms. The molecule has 134 valence electrons. The summed E-state index contributed by atoms with van der Waals surface area (Å²) in [5, 5.41) is 20.0. The molecule has 0 aromatic carbocycles. The number of fused-ring (bicyclic) bond motifs is 5. The van der Waals surface area contributed by atoms with Crippen LogP contribution in [-0.2, 0) is 0 Å². The lowest BCUT2D eigenvalue weighted by atomic mass is 9.43. The normalized spacial score (nSPS) is 60.5. The Hall–Kier alpha value is -0.440. The van der Waals surface area contributed by atoms with Gasteiger partial charge in [-0.15, -0.1) is 0 Å². The summed E-state index contributed by atoms with van der Waals surface area (Å²) in [6, 6.07) is 0. The quantitative estimate of drug-likeness (QED) is 0.653. The van der Waals surface area contributed by atoms with Crippen LogP contribution >= 0.6 is 0 Å². The molecule has 1 N–H and O–H groups in total. The van der Waals surface area contributed by atoms with E-state index >= 15 is 0 Å². The lowest BCUT2D eigenvalue weighted by Crippen LogP contribution is -2.57. The molecule has 3 heteroatoms. The smallest absolute Gasteiger partial charge is 0.193 e. The first-order chi connectivity index (χ1) is 11.2. The molecule has 0 unspecified atom stereocenters. The van der Waals surface area contributed by atoms with Gasteiger partial charge in [-0.25, -0.2) is 0 Å². The maximum absolute atomic E-state index is 11.0. The van der Waals surface area contributed by atoms with E-state index in [1.54, 1.807) is 0 Å². The SMILES string of the molecule is C[C@@H]1C[C@@]2(C)[C@@H](CC[C@@H]3[C@@H]2CC[C@@]2(C)[C@H]3CC[C@]2(C)O)CC12N=N2. The molecule has 4 saturated carbocycles. The van der Waals surface area contributed by atoms with Crippen molar-refractivity contribution in [1.82, 2.24) is 0 Å². The van der Waals surface area contributed by atoms with E-state index in [1.807, 2.05) is 0 Å². The average Bonchev–Trinajstić information content (AvgIpc) is 3.23. The van der Waals surface area contributed by atoms with E-state index in [1.165, 1.54) is 44.9 Å². The Morgan fingerprint density at radius 3 is 2.29 bits per heavy atom. The lowest BCUT2D eigenvalue weighted by Gasteiger charge is -2.62. The Kier molecular flexibility index (Phi) is 2.93. The molecule has 5 rings (SSSR count). The molecule has 3 nitrogen and oxygen atoms in total. The summed E-state index contributed by atoms with van der Waals surface area (Å²) >= 11 is 0. The van der Waals surface area contributed by atoms with E-state index in [0.717, 1.165) is 30.1 Å². The first kappa shape index (κ1) is 15.8. The molecule has 1 spiro atoms. The van der Waals surface area contributed by atoms with E-state index in [-0.39, 0.29) is 11.1 Å². The third-order valence-corrected chi connectivity index (χ3v) is 10.1. The highest BCUT2D eigenvalue weighted by Gasteiger charge is 2.66. The second-order valence-electron chi connectivity index (χ2n) is 10.8. The van der Waals surface area contributed by atoms with Crippen LogP contribution in [0.5, 0.6) is 0 Å². The summed E-state index contributed by atoms with van der Waals surface area (Å²) in [5.74, 6) is 3.88. The molecular weight excluding hydrogens is 296 g/mol. The van der Waals surface area contributed by atoms with Gasteiger partial charge in [-0.2, -0.15) is 10.2 Å². The lowest BCUT2D eigenvalue weighted by molar-refractivity contribution is -0.153. The molecule has 8 atom stereocenters. The van der Waals surface area contributed by atoms with Crippen LogP contribution in [0.25, 0.3) is 0 Å². The third-order valence-electron chi connectivity index (χ3n) is 10.1. The van der Waals surface area contributed by atoms with Gasteiger partial charge in [0.1, 0.15) is 0 Å². The Bertz CT molecular complexity index is 593. The van der Waals surface area contributed by atoms with Crippen molar-refractivity contribution in [2.45, 2.75) is 90.3 Å². The zero-order valence-corrected chi connectivity index (χ0v) is 15.9. The monoisotopic (exact) mass is 330 g/mol. The molecule has 0 aromatic heterocycles. The number of rotatable bonds is 0. The number of hydrogen-bond acceptors (Lipinski definition) is 3. The van der Waals surface area contributed by atoms with Crippen molar-refractivity contribution in [3.8, 4) is 0 Å². The third kappa shape index (κ3) is 1.73. The molecule has 0 saturated heterocycles. The Morgan fingerprint density at radius 1 is 0.875 bits per heavy atom. The summed E-state index contributed by atoms with van der Waals surface area (Å²) in [4.78, 5) is 0. The first-order valence-corrected chi connectivity index (χ1v) is 10.4. The molecule has 5 aliphatic rings. The highest BCUT2D eigenvalue weighted by Crippen LogP contribution is 2.70. The van der Waals surface area contributed by atoms with E-state index < -0.39 is 5.60 Å². The van der Waals surface area contributed by atoms with Crippen molar-refractivity contribution in [2.24, 2.45) is 50.6 Å². The molecule has 0 aromatic rings. The summed E-state index contributed by atoms with van der Waals surface area (Å²) in [5.41, 5.74) is 0.213. The molecule has 1 heterocycles. The van der Waals surface area contributed by atoms with Crippen LogP contribution in [0.15, 0.2) is 10.2 Å². The molecule has 0 amide bonds. The van der Waals surface area contributed by atoms with Crippen molar-refractivity contribution in [1.29, 1.82) is 0 Å². The van der Waals surface area contributed by atoms with Gasteiger partial charge in [0.15, 0.2) is 5.66 Å². The number of hydrogen-bond donors (Lipinski definition) is 1. The van der Waals surface area contributed by atoms with Gasteiger partial charge < -0.3 is 5.11 Å². The summed E-state index contributed by atoms with van der Waals surface area (Å²) in [6.07, 6.45) is 10.1. The average molecular weight is 331 g/mol. The second kappa shape index (κ2) is 4.45. The predicted molar refractivity (Wildman–Crippen MR) is 94.5 cm³/mol. The summed E-state index contributed by atoms with van der Waals surface area (Å²) in [7, 11) is 0. The van der Waals surface area contributed by atoms with Crippen LogP contribution < -0.4 is 0 Å². The largest absolute Gasteiger partial charge is 0.390 e. The fourth-order valence-corrected chi connectivity index (χ4v) is 8.16. The predicted octanol–water partition coefficient (Wildman–Crippen LogP) is 5.19. The van der Waals surface area contributed by atoms with Crippen LogP contribution in [0.3, 0.4) is 0 Å². The van der Waals surface area contributed by atoms with Crippen molar-refractivity contribution < 1.29 is 5.11 Å². The van der Waals surface area contributed by atoms with Gasteiger partial charge >= 0.3 is 0 Å². The first-order valence-electron chi connectivity index (χ1n) is 10.4. The van der Waals surface area contributed by atoms with E-state index in [9.17, 15) is 5.11 Å². The topological polar surface area (TPSA) is 45.0 Å². The van der Waals surface area contributed by atoms with Gasteiger partial charge in [0.2, 0.25) is 0 Å². The minimum atomic E-state index is -0.448. The maximum atomic E-state index is 11.0. The minimum Gasteiger partial charge on any atom is -0.390 e. The van der Waals surface area contributed by atoms with Gasteiger partial charge in [-0.1, -0.05) is 20.8 Å². The van der Waals surface area contributed by atoms with Crippen molar-refractivity contribution in [3.63, 3.8) is 0 Å². The maximum Gasteiger partial charge on any atom is 0.193 e. The van der Waals surface area contributed by atoms with Crippen LogP contribution in [0.4, 0.5) is 0 Å².